The molecule has 2 aliphatic carbocycles. The molecule has 4 aliphatic rings. The van der Waals surface area contributed by atoms with Gasteiger partial charge in [0.05, 0.1) is 28.6 Å². The normalized spacial score (nSPS) is 27.6. The predicted molar refractivity (Wildman–Crippen MR) is 128 cm³/mol. The number of anilines is 2. The lowest BCUT2D eigenvalue weighted by atomic mass is 9.77. The topological polar surface area (TPSA) is 78.4 Å². The number of fused-ring (bicyclic) bond motifs is 2. The van der Waals surface area contributed by atoms with Gasteiger partial charge in [0.1, 0.15) is 10.7 Å². The summed E-state index contributed by atoms with van der Waals surface area (Å²) in [6.07, 6.45) is 7.10. The van der Waals surface area contributed by atoms with Crippen molar-refractivity contribution >= 4 is 39.7 Å². The molecule has 32 heavy (non-hydrogen) atoms. The Balaban J connectivity index is 1.26. The number of rotatable bonds is 5. The third-order valence-corrected chi connectivity index (χ3v) is 9.27. The Kier molecular flexibility index (Phi) is 5.04. The fourth-order valence-electron chi connectivity index (χ4n) is 5.54. The second kappa shape index (κ2) is 7.82. The number of nitrogens with zero attached hydrogens (tertiary/aromatic N) is 3. The van der Waals surface area contributed by atoms with Gasteiger partial charge in [0.2, 0.25) is 5.95 Å². The van der Waals surface area contributed by atoms with Crippen molar-refractivity contribution in [1.82, 2.24) is 9.97 Å². The van der Waals surface area contributed by atoms with E-state index in [2.05, 4.69) is 28.4 Å². The predicted octanol–water partition coefficient (Wildman–Crippen LogP) is 3.66. The molecule has 2 aliphatic heterocycles. The van der Waals surface area contributed by atoms with Gasteiger partial charge < -0.3 is 15.3 Å². The number of nitrogens with one attached hydrogen (secondary N) is 1. The van der Waals surface area contributed by atoms with Crippen LogP contribution in [-0.4, -0.2) is 50.3 Å². The van der Waals surface area contributed by atoms with E-state index in [1.54, 1.807) is 0 Å². The van der Waals surface area contributed by atoms with E-state index in [0.717, 1.165) is 66.8 Å². The number of halogens is 1. The van der Waals surface area contributed by atoms with Crippen LogP contribution < -0.4 is 10.2 Å². The van der Waals surface area contributed by atoms with Gasteiger partial charge in [0.15, 0.2) is 0 Å². The second-order valence-corrected chi connectivity index (χ2v) is 11.5. The first-order valence-electron chi connectivity index (χ1n) is 11.4. The van der Waals surface area contributed by atoms with Crippen molar-refractivity contribution in [3.05, 3.63) is 46.6 Å². The molecule has 8 heteroatoms. The van der Waals surface area contributed by atoms with Gasteiger partial charge in [-0.2, -0.15) is 4.98 Å². The maximum atomic E-state index is 12.6. The van der Waals surface area contributed by atoms with Crippen molar-refractivity contribution in [2.24, 2.45) is 11.8 Å². The summed E-state index contributed by atoms with van der Waals surface area (Å²) in [5.41, 5.74) is 3.23. The fraction of sp³-hybridized carbons (Fsp3) is 0.500. The molecular formula is C24H27ClN4O2S. The molecule has 3 heterocycles. The molecule has 6 rings (SSSR count). The largest absolute Gasteiger partial charge is 0.394 e. The first-order chi connectivity index (χ1) is 15.5. The Hall–Kier alpha value is -1.96. The number of hydrogen-bond donors (Lipinski definition) is 2. The smallest absolute Gasteiger partial charge is 0.227 e. The van der Waals surface area contributed by atoms with Crippen LogP contribution in [0.4, 0.5) is 11.8 Å². The lowest BCUT2D eigenvalue weighted by molar-refractivity contribution is 0.143. The average molecular weight is 471 g/mol. The van der Waals surface area contributed by atoms with Crippen molar-refractivity contribution in [2.75, 3.05) is 35.7 Å². The van der Waals surface area contributed by atoms with Crippen LogP contribution in [-0.2, 0) is 17.2 Å². The third kappa shape index (κ3) is 3.45. The van der Waals surface area contributed by atoms with Crippen molar-refractivity contribution < 1.29 is 9.32 Å². The molecule has 1 unspecified atom stereocenters. The molecule has 168 valence electrons. The summed E-state index contributed by atoms with van der Waals surface area (Å²) in [7, 11) is -1.07. The van der Waals surface area contributed by atoms with Gasteiger partial charge in [0.25, 0.3) is 0 Å². The Morgan fingerprint density at radius 1 is 1.22 bits per heavy atom. The van der Waals surface area contributed by atoms with Crippen molar-refractivity contribution in [3.63, 3.8) is 0 Å². The SMILES string of the molecule is O=S1CCc2nc(N3C[C@H]4CC(c5ccc(Cl)cc5)=C[C@H]4C3)nc(NC3(CO)CCC3)c21. The minimum Gasteiger partial charge on any atom is -0.394 e. The molecule has 6 nitrogen and oxygen atoms in total. The van der Waals surface area contributed by atoms with E-state index in [1.165, 1.54) is 11.1 Å². The summed E-state index contributed by atoms with van der Waals surface area (Å²) in [5, 5.41) is 14.2. The molecule has 2 N–H and O–H groups in total. The van der Waals surface area contributed by atoms with E-state index in [0.29, 0.717) is 23.4 Å². The van der Waals surface area contributed by atoms with Crippen LogP contribution >= 0.6 is 11.6 Å². The summed E-state index contributed by atoms with van der Waals surface area (Å²) in [6.45, 7) is 1.89. The summed E-state index contributed by atoms with van der Waals surface area (Å²) in [6, 6.07) is 8.12. The van der Waals surface area contributed by atoms with E-state index in [4.69, 9.17) is 21.6 Å². The van der Waals surface area contributed by atoms with Crippen molar-refractivity contribution in [2.45, 2.75) is 42.5 Å². The maximum absolute atomic E-state index is 12.6. The number of aromatic nitrogens is 2. The van der Waals surface area contributed by atoms with E-state index in [9.17, 15) is 9.32 Å². The molecule has 2 aromatic rings. The van der Waals surface area contributed by atoms with Crippen LogP contribution in [0.1, 0.15) is 36.9 Å². The zero-order chi connectivity index (χ0) is 21.9. The lowest BCUT2D eigenvalue weighted by Crippen LogP contribution is -2.48. The fourth-order valence-corrected chi connectivity index (χ4v) is 6.97. The first-order valence-corrected chi connectivity index (χ1v) is 13.1. The standard InChI is InChI=1S/C24H27ClN4O2S/c25-19-4-2-15(3-5-19)16-10-17-12-29(13-18(17)11-16)23-26-20-6-9-32(31)21(20)22(27-23)28-24(14-30)7-1-8-24/h2-5,10,17-18,30H,1,6-9,11-14H2,(H,26,27,28)/t17-,18+,32?/m0/s1. The molecule has 0 bridgehead atoms. The zero-order valence-electron chi connectivity index (χ0n) is 17.9. The summed E-state index contributed by atoms with van der Waals surface area (Å²) >= 11 is 6.05. The molecule has 1 aromatic heterocycles. The van der Waals surface area contributed by atoms with E-state index >= 15 is 0 Å². The zero-order valence-corrected chi connectivity index (χ0v) is 19.5. The Morgan fingerprint density at radius 3 is 2.72 bits per heavy atom. The number of aryl methyl sites for hydroxylation is 1. The van der Waals surface area contributed by atoms with Crippen molar-refractivity contribution in [3.8, 4) is 0 Å². The maximum Gasteiger partial charge on any atom is 0.227 e. The molecule has 0 radical (unpaired) electrons. The first kappa shape index (κ1) is 20.6. The molecule has 1 aromatic carbocycles. The molecule has 1 saturated carbocycles. The number of hydrogen-bond acceptors (Lipinski definition) is 6. The van der Waals surface area contributed by atoms with Crippen LogP contribution in [0, 0.1) is 11.8 Å². The Morgan fingerprint density at radius 2 is 2.03 bits per heavy atom. The van der Waals surface area contributed by atoms with Gasteiger partial charge in [-0.25, -0.2) is 4.98 Å². The molecular weight excluding hydrogens is 444 g/mol. The van der Waals surface area contributed by atoms with Crippen molar-refractivity contribution in [1.29, 1.82) is 0 Å². The van der Waals surface area contributed by atoms with Crippen LogP contribution in [0.25, 0.3) is 5.57 Å². The van der Waals surface area contributed by atoms with Crippen LogP contribution in [0.15, 0.2) is 35.2 Å². The van der Waals surface area contributed by atoms with Crippen LogP contribution in [0.5, 0.6) is 0 Å². The van der Waals surface area contributed by atoms with Gasteiger partial charge in [-0.1, -0.05) is 29.8 Å². The molecule has 3 atom stereocenters. The minimum atomic E-state index is -1.07. The molecule has 2 fully saturated rings. The number of aliphatic hydroxyl groups excluding tert-OH is 1. The quantitative estimate of drug-likeness (QED) is 0.694. The van der Waals surface area contributed by atoms with E-state index in [-0.39, 0.29) is 12.1 Å². The highest BCUT2D eigenvalue weighted by molar-refractivity contribution is 7.85. The molecule has 0 spiro atoms. The third-order valence-electron chi connectivity index (χ3n) is 7.56. The van der Waals surface area contributed by atoms with E-state index < -0.39 is 10.8 Å². The van der Waals surface area contributed by atoms with E-state index in [1.807, 2.05) is 12.1 Å². The Bertz CT molecular complexity index is 1110. The second-order valence-electron chi connectivity index (χ2n) is 9.60. The summed E-state index contributed by atoms with van der Waals surface area (Å²) in [4.78, 5) is 12.7. The Labute approximate surface area is 195 Å². The number of aliphatic hydroxyl groups is 1. The number of allylic oxidation sites excluding steroid dienone is 1. The molecule has 0 amide bonds. The lowest BCUT2D eigenvalue weighted by Gasteiger charge is -2.41. The highest BCUT2D eigenvalue weighted by atomic mass is 35.5. The monoisotopic (exact) mass is 470 g/mol. The highest BCUT2D eigenvalue weighted by Gasteiger charge is 2.41. The van der Waals surface area contributed by atoms with Gasteiger partial charge in [0, 0.05) is 30.3 Å². The minimum absolute atomic E-state index is 0.0693. The number of benzene rings is 1. The van der Waals surface area contributed by atoms with Gasteiger partial charge in [-0.3, -0.25) is 4.21 Å². The summed E-state index contributed by atoms with van der Waals surface area (Å²) in [5.74, 6) is 3.04. The van der Waals surface area contributed by atoms with Gasteiger partial charge >= 0.3 is 0 Å². The average Bonchev–Trinajstić information content (AvgIpc) is 3.44. The van der Waals surface area contributed by atoms with Crippen LogP contribution in [0.3, 0.4) is 0 Å². The summed E-state index contributed by atoms with van der Waals surface area (Å²) < 4.78 is 12.6. The molecule has 1 saturated heterocycles. The highest BCUT2D eigenvalue weighted by Crippen LogP contribution is 2.43. The van der Waals surface area contributed by atoms with Gasteiger partial charge in [-0.15, -0.1) is 0 Å². The van der Waals surface area contributed by atoms with Gasteiger partial charge in [-0.05, 0) is 60.8 Å². The van der Waals surface area contributed by atoms with Crippen LogP contribution in [0.2, 0.25) is 5.02 Å².